The van der Waals surface area contributed by atoms with Crippen LogP contribution in [0, 0.1) is 0 Å². The quantitative estimate of drug-likeness (QED) is 0.631. The molecule has 1 rings (SSSR count). The van der Waals surface area contributed by atoms with Crippen molar-refractivity contribution in [1.29, 1.82) is 0 Å². The third-order valence-corrected chi connectivity index (χ3v) is 2.64. The van der Waals surface area contributed by atoms with E-state index in [9.17, 15) is 0 Å². The molecule has 2 N–H and O–H groups in total. The van der Waals surface area contributed by atoms with Crippen molar-refractivity contribution < 1.29 is 4.74 Å². The molecule has 0 aromatic carbocycles. The van der Waals surface area contributed by atoms with Crippen molar-refractivity contribution in [2.75, 3.05) is 56.4 Å². The standard InChI is InChI=1S/C13H26N6O/c1-5-6-9-20-10-7-8-15-12-16-11(14-2)17-13(18-12)19(3)4/h5-10H2,1-4H3,(H2,14,15,16,17,18). The van der Waals surface area contributed by atoms with E-state index in [1.165, 1.54) is 6.42 Å². The lowest BCUT2D eigenvalue weighted by Crippen LogP contribution is -2.17. The number of nitrogens with one attached hydrogen (secondary N) is 2. The number of rotatable bonds is 10. The molecule has 0 aliphatic rings. The summed E-state index contributed by atoms with van der Waals surface area (Å²) in [5, 5.41) is 6.13. The molecule has 1 heterocycles. The first-order valence-corrected chi connectivity index (χ1v) is 7.10. The minimum Gasteiger partial charge on any atom is -0.381 e. The van der Waals surface area contributed by atoms with E-state index in [1.807, 2.05) is 19.0 Å². The van der Waals surface area contributed by atoms with Gasteiger partial charge >= 0.3 is 0 Å². The van der Waals surface area contributed by atoms with E-state index in [2.05, 4.69) is 32.5 Å². The fraction of sp³-hybridized carbons (Fsp3) is 0.769. The third-order valence-electron chi connectivity index (χ3n) is 2.64. The van der Waals surface area contributed by atoms with Gasteiger partial charge in [0.15, 0.2) is 0 Å². The second-order valence-electron chi connectivity index (χ2n) is 4.67. The van der Waals surface area contributed by atoms with Gasteiger partial charge in [0, 0.05) is 40.9 Å². The Morgan fingerprint density at radius 3 is 2.40 bits per heavy atom. The molecule has 0 bridgehead atoms. The van der Waals surface area contributed by atoms with Crippen molar-refractivity contribution in [3.8, 4) is 0 Å². The number of aromatic nitrogens is 3. The number of nitrogens with zero attached hydrogens (tertiary/aromatic N) is 4. The molecule has 0 aliphatic carbocycles. The molecule has 114 valence electrons. The van der Waals surface area contributed by atoms with Crippen LogP contribution in [0.4, 0.5) is 17.8 Å². The zero-order valence-corrected chi connectivity index (χ0v) is 12.9. The second kappa shape index (κ2) is 9.30. The number of anilines is 3. The lowest BCUT2D eigenvalue weighted by molar-refractivity contribution is 0.131. The molecule has 0 atom stereocenters. The van der Waals surface area contributed by atoms with Gasteiger partial charge in [-0.3, -0.25) is 0 Å². The fourth-order valence-corrected chi connectivity index (χ4v) is 1.48. The molecular weight excluding hydrogens is 256 g/mol. The maximum absolute atomic E-state index is 5.51. The predicted octanol–water partition coefficient (Wildman–Crippen LogP) is 1.60. The first kappa shape index (κ1) is 16.4. The Labute approximate surface area is 121 Å². The average Bonchev–Trinajstić information content (AvgIpc) is 2.46. The highest BCUT2D eigenvalue weighted by molar-refractivity contribution is 5.42. The molecule has 0 amide bonds. The predicted molar refractivity (Wildman–Crippen MR) is 82.5 cm³/mol. The summed E-state index contributed by atoms with van der Waals surface area (Å²) >= 11 is 0. The van der Waals surface area contributed by atoms with Crippen molar-refractivity contribution in [3.63, 3.8) is 0 Å². The number of hydrogen-bond donors (Lipinski definition) is 2. The summed E-state index contributed by atoms with van der Waals surface area (Å²) in [6.45, 7) is 4.55. The minimum atomic E-state index is 0.561. The Balaban J connectivity index is 2.37. The summed E-state index contributed by atoms with van der Waals surface area (Å²) < 4.78 is 5.51. The Bertz CT molecular complexity index is 385. The Morgan fingerprint density at radius 2 is 1.75 bits per heavy atom. The number of hydrogen-bond acceptors (Lipinski definition) is 7. The molecule has 1 aromatic heterocycles. The largest absolute Gasteiger partial charge is 0.381 e. The van der Waals surface area contributed by atoms with Gasteiger partial charge in [-0.15, -0.1) is 0 Å². The van der Waals surface area contributed by atoms with Crippen LogP contribution < -0.4 is 15.5 Å². The Kier molecular flexibility index (Phi) is 7.64. The van der Waals surface area contributed by atoms with E-state index >= 15 is 0 Å². The van der Waals surface area contributed by atoms with E-state index in [0.29, 0.717) is 17.8 Å². The lowest BCUT2D eigenvalue weighted by atomic mass is 10.4. The minimum absolute atomic E-state index is 0.561. The average molecular weight is 282 g/mol. The van der Waals surface area contributed by atoms with Crippen LogP contribution >= 0.6 is 0 Å². The van der Waals surface area contributed by atoms with Crippen LogP contribution in [0.5, 0.6) is 0 Å². The molecule has 1 aromatic rings. The van der Waals surface area contributed by atoms with Crippen molar-refractivity contribution >= 4 is 17.8 Å². The highest BCUT2D eigenvalue weighted by atomic mass is 16.5. The van der Waals surface area contributed by atoms with Crippen LogP contribution in [0.2, 0.25) is 0 Å². The molecule has 0 fully saturated rings. The van der Waals surface area contributed by atoms with Crippen LogP contribution in [-0.2, 0) is 4.74 Å². The molecule has 20 heavy (non-hydrogen) atoms. The summed E-state index contributed by atoms with van der Waals surface area (Å²) in [7, 11) is 5.60. The van der Waals surface area contributed by atoms with Gasteiger partial charge in [-0.1, -0.05) is 13.3 Å². The molecule has 0 radical (unpaired) electrons. The Hall–Kier alpha value is -1.63. The second-order valence-corrected chi connectivity index (χ2v) is 4.67. The van der Waals surface area contributed by atoms with Gasteiger partial charge in [0.05, 0.1) is 0 Å². The van der Waals surface area contributed by atoms with E-state index in [4.69, 9.17) is 4.74 Å². The van der Waals surface area contributed by atoms with Crippen molar-refractivity contribution in [2.45, 2.75) is 26.2 Å². The van der Waals surface area contributed by atoms with Crippen LogP contribution in [0.25, 0.3) is 0 Å². The topological polar surface area (TPSA) is 75.2 Å². The summed E-state index contributed by atoms with van der Waals surface area (Å²) in [6.07, 6.45) is 3.23. The first-order chi connectivity index (χ1) is 9.67. The smallest absolute Gasteiger partial charge is 0.231 e. The van der Waals surface area contributed by atoms with E-state index in [1.54, 1.807) is 7.05 Å². The van der Waals surface area contributed by atoms with Crippen LogP contribution in [-0.4, -0.2) is 55.9 Å². The molecule has 0 saturated carbocycles. The normalized spacial score (nSPS) is 10.4. The highest BCUT2D eigenvalue weighted by Crippen LogP contribution is 2.10. The van der Waals surface area contributed by atoms with Gasteiger partial charge in [-0.2, -0.15) is 15.0 Å². The van der Waals surface area contributed by atoms with Gasteiger partial charge in [-0.25, -0.2) is 0 Å². The van der Waals surface area contributed by atoms with Crippen LogP contribution in [0.15, 0.2) is 0 Å². The number of ether oxygens (including phenoxy) is 1. The van der Waals surface area contributed by atoms with Crippen molar-refractivity contribution in [1.82, 2.24) is 15.0 Å². The molecule has 7 nitrogen and oxygen atoms in total. The third kappa shape index (κ3) is 6.01. The molecule has 0 spiro atoms. The lowest BCUT2D eigenvalue weighted by Gasteiger charge is -2.13. The van der Waals surface area contributed by atoms with Crippen molar-refractivity contribution in [2.24, 2.45) is 0 Å². The molecule has 7 heteroatoms. The maximum atomic E-state index is 5.51. The highest BCUT2D eigenvalue weighted by Gasteiger charge is 2.06. The van der Waals surface area contributed by atoms with Gasteiger partial charge < -0.3 is 20.3 Å². The van der Waals surface area contributed by atoms with Crippen LogP contribution in [0.1, 0.15) is 26.2 Å². The summed E-state index contributed by atoms with van der Waals surface area (Å²) in [6, 6.07) is 0. The van der Waals surface area contributed by atoms with E-state index in [0.717, 1.165) is 32.6 Å². The van der Waals surface area contributed by atoms with Crippen LogP contribution in [0.3, 0.4) is 0 Å². The van der Waals surface area contributed by atoms with Gasteiger partial charge in [-0.05, 0) is 12.8 Å². The fourth-order valence-electron chi connectivity index (χ4n) is 1.48. The molecule has 0 unspecified atom stereocenters. The SMILES string of the molecule is CCCCOCCCNc1nc(NC)nc(N(C)C)n1. The van der Waals surface area contributed by atoms with Crippen molar-refractivity contribution in [3.05, 3.63) is 0 Å². The maximum Gasteiger partial charge on any atom is 0.231 e. The summed E-state index contributed by atoms with van der Waals surface area (Å²) in [5.74, 6) is 1.78. The first-order valence-electron chi connectivity index (χ1n) is 7.10. The molecular formula is C13H26N6O. The van der Waals surface area contributed by atoms with Gasteiger partial charge in [0.25, 0.3) is 0 Å². The van der Waals surface area contributed by atoms with E-state index in [-0.39, 0.29) is 0 Å². The number of unbranched alkanes of at least 4 members (excludes halogenated alkanes) is 1. The van der Waals surface area contributed by atoms with E-state index < -0.39 is 0 Å². The van der Waals surface area contributed by atoms with Gasteiger partial charge in [0.2, 0.25) is 17.8 Å². The summed E-state index contributed by atoms with van der Waals surface area (Å²) in [5.41, 5.74) is 0. The Morgan fingerprint density at radius 1 is 1.05 bits per heavy atom. The molecule has 0 saturated heterocycles. The van der Waals surface area contributed by atoms with Gasteiger partial charge in [0.1, 0.15) is 0 Å². The summed E-state index contributed by atoms with van der Waals surface area (Å²) in [4.78, 5) is 14.7. The zero-order valence-electron chi connectivity index (χ0n) is 12.9. The molecule has 0 aliphatic heterocycles. The monoisotopic (exact) mass is 282 g/mol. The zero-order chi connectivity index (χ0) is 14.8.